The van der Waals surface area contributed by atoms with E-state index in [0.29, 0.717) is 11.7 Å². The van der Waals surface area contributed by atoms with Crippen molar-refractivity contribution in [2.75, 3.05) is 19.7 Å². The van der Waals surface area contributed by atoms with Gasteiger partial charge < -0.3 is 18.8 Å². The normalized spacial score (nSPS) is 22.4. The molecule has 4 rings (SSSR count). The fourth-order valence-electron chi connectivity index (χ4n) is 4.16. The third-order valence-corrected chi connectivity index (χ3v) is 5.93. The molecule has 0 unspecified atom stereocenters. The van der Waals surface area contributed by atoms with E-state index in [0.717, 1.165) is 75.7 Å². The van der Waals surface area contributed by atoms with Gasteiger partial charge in [0.1, 0.15) is 30.1 Å². The number of hydrogen-bond acceptors (Lipinski definition) is 6. The summed E-state index contributed by atoms with van der Waals surface area (Å²) in [5, 5.41) is 17.5. The highest BCUT2D eigenvalue weighted by Gasteiger charge is 2.24. The van der Waals surface area contributed by atoms with Gasteiger partial charge in [-0.2, -0.15) is 0 Å². The van der Waals surface area contributed by atoms with Gasteiger partial charge >= 0.3 is 0 Å². The van der Waals surface area contributed by atoms with E-state index < -0.39 is 0 Å². The number of aliphatic hydroxyl groups excluding tert-OH is 1. The minimum atomic E-state index is -0.0566. The number of piperidine rings is 1. The van der Waals surface area contributed by atoms with Crippen LogP contribution >= 0.6 is 0 Å². The molecule has 0 spiro atoms. The molecule has 0 bridgehead atoms. The maximum absolute atomic E-state index is 9.25. The molecule has 0 radical (unpaired) electrons. The molecule has 0 saturated carbocycles. The van der Waals surface area contributed by atoms with Gasteiger partial charge in [0.2, 0.25) is 0 Å². The zero-order valence-corrected chi connectivity index (χ0v) is 16.1. The van der Waals surface area contributed by atoms with E-state index in [-0.39, 0.29) is 12.7 Å². The zero-order chi connectivity index (χ0) is 18.6. The van der Waals surface area contributed by atoms with E-state index in [9.17, 15) is 5.11 Å². The van der Waals surface area contributed by atoms with Crippen molar-refractivity contribution < 1.29 is 14.3 Å². The predicted molar refractivity (Wildman–Crippen MR) is 99.9 cm³/mol. The van der Waals surface area contributed by atoms with Crippen LogP contribution in [0.3, 0.4) is 0 Å². The van der Waals surface area contributed by atoms with E-state index in [1.54, 1.807) is 0 Å². The van der Waals surface area contributed by atoms with Crippen molar-refractivity contribution >= 4 is 0 Å². The molecule has 2 aromatic heterocycles. The van der Waals surface area contributed by atoms with Crippen molar-refractivity contribution in [3.05, 3.63) is 35.3 Å². The average Bonchev–Trinajstić information content (AvgIpc) is 3.31. The van der Waals surface area contributed by atoms with Crippen molar-refractivity contribution in [2.45, 2.75) is 57.8 Å². The predicted octanol–water partition coefficient (Wildman–Crippen LogP) is 2.60. The van der Waals surface area contributed by atoms with Crippen LogP contribution in [0.2, 0.25) is 0 Å². The first kappa shape index (κ1) is 18.7. The maximum Gasteiger partial charge on any atom is 0.158 e. The Hall–Kier alpha value is -1.70. The number of ether oxygens (including phenoxy) is 1. The van der Waals surface area contributed by atoms with Crippen LogP contribution in [0.5, 0.6) is 0 Å². The number of aliphatic hydroxyl groups is 1. The summed E-state index contributed by atoms with van der Waals surface area (Å²) in [6, 6.07) is 4.19. The first-order chi connectivity index (χ1) is 13.2. The highest BCUT2D eigenvalue weighted by Crippen LogP contribution is 2.30. The molecule has 2 aliphatic heterocycles. The topological polar surface area (TPSA) is 76.5 Å². The van der Waals surface area contributed by atoms with Crippen molar-refractivity contribution in [2.24, 2.45) is 13.0 Å². The molecule has 0 amide bonds. The Labute approximate surface area is 160 Å². The zero-order valence-electron chi connectivity index (χ0n) is 16.1. The molecule has 2 aliphatic rings. The van der Waals surface area contributed by atoms with Crippen LogP contribution in [0.15, 0.2) is 16.5 Å². The summed E-state index contributed by atoms with van der Waals surface area (Å²) in [7, 11) is 1.93. The summed E-state index contributed by atoms with van der Waals surface area (Å²) in [5.41, 5.74) is 0. The number of aromatic nitrogens is 3. The molecule has 2 saturated heterocycles. The highest BCUT2D eigenvalue weighted by molar-refractivity contribution is 5.10. The van der Waals surface area contributed by atoms with Crippen LogP contribution in [0.4, 0.5) is 0 Å². The lowest BCUT2D eigenvalue weighted by Crippen LogP contribution is -2.34. The van der Waals surface area contributed by atoms with Crippen LogP contribution in [0.25, 0.3) is 0 Å². The van der Waals surface area contributed by atoms with E-state index in [1.165, 1.54) is 6.42 Å². The van der Waals surface area contributed by atoms with Gasteiger partial charge in [-0.15, -0.1) is 10.2 Å². The van der Waals surface area contributed by atoms with Crippen molar-refractivity contribution in [3.8, 4) is 0 Å². The summed E-state index contributed by atoms with van der Waals surface area (Å²) >= 11 is 0. The van der Waals surface area contributed by atoms with Crippen LogP contribution in [0, 0.1) is 5.92 Å². The first-order valence-corrected chi connectivity index (χ1v) is 10.1. The van der Waals surface area contributed by atoms with Crippen molar-refractivity contribution in [1.29, 1.82) is 0 Å². The lowest BCUT2D eigenvalue weighted by Gasteiger charge is -2.31. The van der Waals surface area contributed by atoms with E-state index in [2.05, 4.69) is 27.2 Å². The first-order valence-electron chi connectivity index (χ1n) is 10.1. The monoisotopic (exact) mass is 374 g/mol. The molecular weight excluding hydrogens is 344 g/mol. The Bertz CT molecular complexity index is 727. The summed E-state index contributed by atoms with van der Waals surface area (Å²) < 4.78 is 13.8. The summed E-state index contributed by atoms with van der Waals surface area (Å²) in [6.45, 7) is 3.81. The minimum absolute atomic E-state index is 0.0566. The number of hydrogen-bond donors (Lipinski definition) is 1. The lowest BCUT2D eigenvalue weighted by atomic mass is 9.93. The Morgan fingerprint density at radius 3 is 2.63 bits per heavy atom. The fourth-order valence-corrected chi connectivity index (χ4v) is 4.16. The number of likely N-dealkylation sites (tertiary alicyclic amines) is 1. The second kappa shape index (κ2) is 8.54. The van der Waals surface area contributed by atoms with Gasteiger partial charge in [0, 0.05) is 20.1 Å². The summed E-state index contributed by atoms with van der Waals surface area (Å²) in [6.07, 6.45) is 6.84. The number of nitrogens with zero attached hydrogens (tertiary/aromatic N) is 4. The number of furan rings is 1. The Morgan fingerprint density at radius 1 is 1.11 bits per heavy atom. The molecule has 4 heterocycles. The SMILES string of the molecule is Cn1c(CO)nnc1CC1CCN(Cc2ccc([C@H]3CCCCO3)o2)CC1. The second-order valence-corrected chi connectivity index (χ2v) is 7.83. The number of rotatable bonds is 6. The van der Waals surface area contributed by atoms with Crippen LogP contribution in [-0.2, 0) is 31.4 Å². The van der Waals surface area contributed by atoms with E-state index in [1.807, 2.05) is 11.6 Å². The smallest absolute Gasteiger partial charge is 0.158 e. The summed E-state index contributed by atoms with van der Waals surface area (Å²) in [4.78, 5) is 2.47. The Balaban J connectivity index is 1.26. The van der Waals surface area contributed by atoms with E-state index >= 15 is 0 Å². The highest BCUT2D eigenvalue weighted by atomic mass is 16.5. The van der Waals surface area contributed by atoms with E-state index in [4.69, 9.17) is 9.15 Å². The van der Waals surface area contributed by atoms with Gasteiger partial charge in [0.25, 0.3) is 0 Å². The molecule has 0 aliphatic carbocycles. The van der Waals surface area contributed by atoms with Crippen molar-refractivity contribution in [3.63, 3.8) is 0 Å². The molecule has 0 aromatic carbocycles. The third-order valence-electron chi connectivity index (χ3n) is 5.93. The molecule has 27 heavy (non-hydrogen) atoms. The molecule has 7 heteroatoms. The molecule has 2 fully saturated rings. The van der Waals surface area contributed by atoms with Gasteiger partial charge in [-0.25, -0.2) is 0 Å². The molecule has 148 valence electrons. The van der Waals surface area contributed by atoms with Crippen LogP contribution in [-0.4, -0.2) is 44.5 Å². The Morgan fingerprint density at radius 2 is 1.93 bits per heavy atom. The second-order valence-electron chi connectivity index (χ2n) is 7.83. The Kier molecular flexibility index (Phi) is 5.90. The fraction of sp³-hybridized carbons (Fsp3) is 0.700. The standard InChI is InChI=1S/C20H30N4O3/c1-23-19(21-22-20(23)14-25)12-15-7-9-24(10-8-15)13-16-5-6-18(27-16)17-4-2-3-11-26-17/h5-6,15,17,25H,2-4,7-14H2,1H3/t17-/m1/s1. The lowest BCUT2D eigenvalue weighted by molar-refractivity contribution is 0.000725. The van der Waals surface area contributed by atoms with Gasteiger partial charge in [0.15, 0.2) is 5.82 Å². The van der Waals surface area contributed by atoms with Gasteiger partial charge in [0.05, 0.1) is 6.54 Å². The largest absolute Gasteiger partial charge is 0.462 e. The summed E-state index contributed by atoms with van der Waals surface area (Å²) in [5.74, 6) is 4.26. The third kappa shape index (κ3) is 4.42. The van der Waals surface area contributed by atoms with Gasteiger partial charge in [-0.1, -0.05) is 0 Å². The molecular formula is C20H30N4O3. The van der Waals surface area contributed by atoms with Crippen molar-refractivity contribution in [1.82, 2.24) is 19.7 Å². The van der Waals surface area contributed by atoms with Crippen LogP contribution < -0.4 is 0 Å². The maximum atomic E-state index is 9.25. The molecule has 1 atom stereocenters. The van der Waals surface area contributed by atoms with Gasteiger partial charge in [-0.05, 0) is 63.2 Å². The van der Waals surface area contributed by atoms with Crippen LogP contribution in [0.1, 0.15) is 61.4 Å². The minimum Gasteiger partial charge on any atom is -0.462 e. The van der Waals surface area contributed by atoms with Gasteiger partial charge in [-0.3, -0.25) is 4.90 Å². The molecule has 2 aromatic rings. The molecule has 7 nitrogen and oxygen atoms in total. The average molecular weight is 374 g/mol. The molecule has 1 N–H and O–H groups in total. The quantitative estimate of drug-likeness (QED) is 0.838.